The van der Waals surface area contributed by atoms with E-state index in [1.165, 1.54) is 0 Å². The fourth-order valence-corrected chi connectivity index (χ4v) is 16.4. The van der Waals surface area contributed by atoms with Crippen LogP contribution in [0.15, 0.2) is 238 Å². The van der Waals surface area contributed by atoms with Gasteiger partial charge in [-0.1, -0.05) is 230 Å². The highest BCUT2D eigenvalue weighted by Crippen LogP contribution is 2.46. The summed E-state index contributed by atoms with van der Waals surface area (Å²) in [5, 5.41) is 94.7. The topological polar surface area (TPSA) is 449 Å². The molecule has 0 spiro atoms. The summed E-state index contributed by atoms with van der Waals surface area (Å²) >= 11 is 0. The second-order valence-corrected chi connectivity index (χ2v) is 32.4. The monoisotopic (exact) mass is 1770 g/mol. The number of ether oxygens (including phenoxy) is 2. The van der Waals surface area contributed by atoms with Gasteiger partial charge in [-0.25, -0.2) is 43.3 Å². The van der Waals surface area contributed by atoms with Crippen LogP contribution in [0, 0.1) is 0 Å². The Balaban J connectivity index is 0.000000396. The molecule has 0 aliphatic heterocycles. The summed E-state index contributed by atoms with van der Waals surface area (Å²) in [6.07, 6.45) is -2.74. The molecule has 0 aromatic heterocycles. The molecule has 16 bridgehead atoms. The Kier molecular flexibility index (Phi) is 36.3. The number of aromatic hydroxyl groups is 4. The van der Waals surface area contributed by atoms with Crippen LogP contribution in [-0.2, 0) is 101 Å². The van der Waals surface area contributed by atoms with Gasteiger partial charge in [-0.2, -0.15) is 0 Å². The molecule has 124 heavy (non-hydrogen) atoms. The molecule has 2 aliphatic carbocycles. The second-order valence-electron chi connectivity index (χ2n) is 26.9. The first-order valence-corrected chi connectivity index (χ1v) is 43.8. The van der Waals surface area contributed by atoms with Crippen LogP contribution in [0.1, 0.15) is 174 Å². The third kappa shape index (κ3) is 24.5. The third-order valence-electron chi connectivity index (χ3n) is 19.2. The summed E-state index contributed by atoms with van der Waals surface area (Å²) in [6.45, 7) is 14.4. The zero-order valence-corrected chi connectivity index (χ0v) is 69.8. The van der Waals surface area contributed by atoms with E-state index in [4.69, 9.17) is 9.47 Å². The van der Waals surface area contributed by atoms with Crippen LogP contribution in [0.3, 0.4) is 0 Å². The van der Waals surface area contributed by atoms with E-state index in [2.05, 4.69) is 0 Å². The normalized spacial score (nSPS) is 11.8. The van der Waals surface area contributed by atoms with Gasteiger partial charge in [-0.3, -0.25) is 0 Å². The molecule has 2 aliphatic rings. The Morgan fingerprint density at radius 2 is 0.419 bits per heavy atom. The molecule has 0 radical (unpaired) electrons. The summed E-state index contributed by atoms with van der Waals surface area (Å²) in [4.78, 5) is 20.8. The Hall–Kier alpha value is -12.4. The van der Waals surface area contributed by atoms with Crippen molar-refractivity contribution < 1.29 is 112 Å². The molecule has 12 aromatic rings. The minimum absolute atomic E-state index is 0. The van der Waals surface area contributed by atoms with Crippen molar-refractivity contribution in [2.75, 3.05) is 13.2 Å². The van der Waals surface area contributed by atoms with Crippen molar-refractivity contribution in [3.05, 3.63) is 307 Å². The van der Waals surface area contributed by atoms with Crippen LogP contribution in [0.4, 0.5) is 0 Å². The number of hydrogen-bond donors (Lipinski definition) is 6. The standard InChI is InChI=1S/2C42H34O12S2.4C2H6.4CH4/c43-38(44)23-54-42-34-13-27(25-9-5-2-6-10-25)14-35(42)18-33-22-37(56(51,52)53)21-32(41(33)47)16-31-20-36(55(48,49)50)19-30(40(31)46)15-28-11-26(12-29(17-34)39(28)45)24-7-3-1-4-8-24;43-38(44)23-54-42-34-13-27(25-9-5-2-6-10-25)14-35(42)18-33-22-37(56(51,52)53)20-31(41(33)47)16-29-12-26(24-7-3-1-4-8-24)11-28(39(29)45)15-30-19-36(55(48,49)50)21-32(17-34)40(30)46;4*1-2;;;;/h2*1-14,19-22,45-47H,15-18,23H2,(H,43,44)(H,48,49,50)(H,51,52,53);4*1-2H3;4*1H4/p-6. The summed E-state index contributed by atoms with van der Waals surface area (Å²) in [5.74, 6) is -5.57. The van der Waals surface area contributed by atoms with Crippen LogP contribution in [0.5, 0.6) is 46.0 Å². The maximum atomic E-state index is 14.2. The first-order valence-electron chi connectivity index (χ1n) is 38.2. The molecule has 0 saturated carbocycles. The summed E-state index contributed by atoms with van der Waals surface area (Å²) < 4.78 is 161. The van der Waals surface area contributed by atoms with Crippen molar-refractivity contribution in [2.45, 2.75) is 156 Å². The van der Waals surface area contributed by atoms with Crippen molar-refractivity contribution in [1.29, 1.82) is 0 Å². The number of hydrogen-bond acceptors (Lipinski definition) is 22. The van der Waals surface area contributed by atoms with Gasteiger partial charge in [0.15, 0.2) is 13.2 Å². The molecule has 0 unspecified atom stereocenters. The summed E-state index contributed by atoms with van der Waals surface area (Å²) in [5.41, 5.74) is 5.78. The number of phenols is 4. The van der Waals surface area contributed by atoms with Crippen LogP contribution < -0.4 is 19.7 Å². The highest BCUT2D eigenvalue weighted by atomic mass is 32.2. The fourth-order valence-electron chi connectivity index (χ4n) is 14.1. The number of carboxylic acid groups (broad SMARTS) is 2. The van der Waals surface area contributed by atoms with Gasteiger partial charge >= 0.3 is 11.9 Å². The Bertz CT molecular complexity index is 6130. The van der Waals surface area contributed by atoms with Crippen molar-refractivity contribution in [1.82, 2.24) is 0 Å². The van der Waals surface area contributed by atoms with E-state index in [1.54, 1.807) is 109 Å². The van der Waals surface area contributed by atoms with Gasteiger partial charge in [0.2, 0.25) is 0 Å². The largest absolute Gasteiger partial charge is 0.872 e. The maximum absolute atomic E-state index is 14.2. The smallest absolute Gasteiger partial charge is 0.341 e. The van der Waals surface area contributed by atoms with Crippen molar-refractivity contribution >= 4 is 52.4 Å². The van der Waals surface area contributed by atoms with Gasteiger partial charge in [0.05, 0.1) is 19.6 Å². The third-order valence-corrected chi connectivity index (χ3v) is 22.5. The molecule has 0 amide bonds. The quantitative estimate of drug-likeness (QED) is 0.0551. The molecular weight excluding hydrogens is 1670 g/mol. The minimum atomic E-state index is -5.18. The number of phenolic OH excluding ortho intramolecular Hbond substituents is 4. The van der Waals surface area contributed by atoms with E-state index in [0.717, 1.165) is 59.7 Å². The molecule has 0 heterocycles. The van der Waals surface area contributed by atoms with Gasteiger partial charge in [0, 0.05) is 51.4 Å². The predicted octanol–water partition coefficient (Wildman–Crippen LogP) is 17.6. The van der Waals surface area contributed by atoms with Crippen molar-refractivity contribution in [3.8, 4) is 90.5 Å². The molecule has 0 saturated heterocycles. The highest BCUT2D eigenvalue weighted by Gasteiger charge is 2.28. The molecule has 24 nitrogen and oxygen atoms in total. The van der Waals surface area contributed by atoms with Gasteiger partial charge < -0.3 is 68.5 Å². The van der Waals surface area contributed by atoms with E-state index < -0.39 is 120 Å². The Labute approximate surface area is 726 Å². The van der Waals surface area contributed by atoms with Gasteiger partial charge in [-0.15, -0.1) is 11.5 Å². The summed E-state index contributed by atoms with van der Waals surface area (Å²) in [6, 6.07) is 56.7. The maximum Gasteiger partial charge on any atom is 0.341 e. The van der Waals surface area contributed by atoms with Gasteiger partial charge in [-0.05, 0) is 207 Å². The molecular formula is C96H102O24S4-6. The van der Waals surface area contributed by atoms with Crippen molar-refractivity contribution in [2.24, 2.45) is 0 Å². The highest BCUT2D eigenvalue weighted by molar-refractivity contribution is 7.86. The first-order chi connectivity index (χ1) is 57.1. The van der Waals surface area contributed by atoms with Crippen LogP contribution in [-0.4, -0.2) is 108 Å². The zero-order chi connectivity index (χ0) is 87.9. The number of aliphatic carboxylic acids is 2. The van der Waals surface area contributed by atoms with E-state index in [9.17, 15) is 102 Å². The molecule has 660 valence electrons. The molecule has 0 atom stereocenters. The van der Waals surface area contributed by atoms with Crippen molar-refractivity contribution in [3.63, 3.8) is 0 Å². The minimum Gasteiger partial charge on any atom is -0.872 e. The van der Waals surface area contributed by atoms with E-state index in [1.807, 2.05) is 116 Å². The lowest BCUT2D eigenvalue weighted by atomic mass is 9.88. The number of carbonyl (C=O) groups is 2. The molecule has 0 fully saturated rings. The molecule has 6 N–H and O–H groups in total. The van der Waals surface area contributed by atoms with Crippen LogP contribution in [0.2, 0.25) is 0 Å². The number of benzene rings is 12. The zero-order valence-electron chi connectivity index (χ0n) is 66.5. The molecule has 12 aromatic carbocycles. The fraction of sp³-hybridized carbons (Fsp3) is 0.229. The lowest BCUT2D eigenvalue weighted by molar-refractivity contribution is -0.271. The lowest BCUT2D eigenvalue weighted by Gasteiger charge is -2.25. The van der Waals surface area contributed by atoms with E-state index in [-0.39, 0.29) is 170 Å². The van der Waals surface area contributed by atoms with E-state index in [0.29, 0.717) is 44.5 Å². The van der Waals surface area contributed by atoms with E-state index >= 15 is 0 Å². The Morgan fingerprint density at radius 1 is 0.266 bits per heavy atom. The van der Waals surface area contributed by atoms with Crippen LogP contribution >= 0.6 is 0 Å². The molecule has 14 rings (SSSR count). The second kappa shape index (κ2) is 44.1. The summed E-state index contributed by atoms with van der Waals surface area (Å²) in [7, 11) is -20.6. The number of fused-ring (bicyclic) bond motifs is 16. The molecule has 28 heteroatoms. The van der Waals surface area contributed by atoms with Crippen LogP contribution in [0.25, 0.3) is 44.5 Å². The average molecular weight is 1770 g/mol. The predicted molar refractivity (Wildman–Crippen MR) is 472 cm³/mol. The van der Waals surface area contributed by atoms with Gasteiger partial charge in [0.1, 0.15) is 75.0 Å². The number of carboxylic acids is 2. The van der Waals surface area contributed by atoms with Gasteiger partial charge in [0.25, 0.3) is 0 Å². The number of rotatable bonds is 14. The average Bonchev–Trinajstić information content (AvgIpc) is 0.769. The lowest BCUT2D eigenvalue weighted by Crippen LogP contribution is -2.13. The SMILES string of the molecule is C.C.C.C.CC.CC.CC.CC.O=C(O)COc1c2cc(-c3ccccc3)cc1Cc1cc(S(=O)(=O)[O-])cc(c1O)Cc1cc(-c3ccccc3)cc(c1[O-])Cc1cc(S(=O)(=O)[O-])cc(c1O)C2.O=C(O)COc1c2cc(-c3ccccc3)cc1Cc1cc(S(=O)(=O)[O-])cc(c1O)Cc1cc(S(=O)(=O)[O-])cc(c1[O-])Cc1cc(-c3ccccc3)cc(c1O)C2. The Morgan fingerprint density at radius 3 is 0.605 bits per heavy atom. The first kappa shape index (κ1) is 102.